The van der Waals surface area contributed by atoms with Crippen LogP contribution in [0.5, 0.6) is 0 Å². The SMILES string of the molecule is C[N+](C)(C)C.Cc1ccc(S(=O)O)cc1. The molecule has 1 aromatic rings. The van der Waals surface area contributed by atoms with Gasteiger partial charge in [-0.25, -0.2) is 4.21 Å². The molecule has 0 aromatic heterocycles. The zero-order valence-electron chi connectivity index (χ0n) is 10.0. The third kappa shape index (κ3) is 9.59. The van der Waals surface area contributed by atoms with Crippen LogP contribution in [0.3, 0.4) is 0 Å². The molecule has 0 amide bonds. The molecule has 0 bridgehead atoms. The molecule has 0 spiro atoms. The van der Waals surface area contributed by atoms with Gasteiger partial charge in [0.25, 0.3) is 0 Å². The summed E-state index contributed by atoms with van der Waals surface area (Å²) in [4.78, 5) is 0.450. The molecule has 1 aromatic carbocycles. The van der Waals surface area contributed by atoms with Crippen molar-refractivity contribution in [1.82, 2.24) is 0 Å². The first-order chi connectivity index (χ1) is 6.70. The minimum atomic E-state index is -1.84. The van der Waals surface area contributed by atoms with E-state index in [9.17, 15) is 4.21 Å². The fraction of sp³-hybridized carbons (Fsp3) is 0.455. The molecular weight excluding hydrogens is 210 g/mol. The fourth-order valence-corrected chi connectivity index (χ4v) is 1.02. The molecule has 1 rings (SSSR count). The molecule has 15 heavy (non-hydrogen) atoms. The van der Waals surface area contributed by atoms with E-state index >= 15 is 0 Å². The van der Waals surface area contributed by atoms with Crippen molar-refractivity contribution in [3.8, 4) is 0 Å². The lowest BCUT2D eigenvalue weighted by atomic mass is 10.2. The Morgan fingerprint density at radius 3 is 1.67 bits per heavy atom. The van der Waals surface area contributed by atoms with Gasteiger partial charge in [0.1, 0.15) is 0 Å². The Balaban J connectivity index is 0.000000336. The highest BCUT2D eigenvalue weighted by Gasteiger charge is 1.95. The van der Waals surface area contributed by atoms with Gasteiger partial charge in [-0.05, 0) is 19.1 Å². The highest BCUT2D eigenvalue weighted by molar-refractivity contribution is 7.79. The molecule has 0 aliphatic heterocycles. The molecule has 1 N–H and O–H groups in total. The van der Waals surface area contributed by atoms with Crippen LogP contribution < -0.4 is 0 Å². The molecule has 0 saturated heterocycles. The minimum Gasteiger partial charge on any atom is -0.333 e. The van der Waals surface area contributed by atoms with Crippen molar-refractivity contribution in [3.63, 3.8) is 0 Å². The summed E-state index contributed by atoms with van der Waals surface area (Å²) in [6, 6.07) is 6.91. The van der Waals surface area contributed by atoms with Gasteiger partial charge in [-0.15, -0.1) is 0 Å². The summed E-state index contributed by atoms with van der Waals surface area (Å²) in [5.41, 5.74) is 1.09. The minimum absolute atomic E-state index is 0.450. The molecule has 86 valence electrons. The maximum Gasteiger partial charge on any atom is 0.186 e. The second-order valence-corrected chi connectivity index (χ2v) is 5.72. The second-order valence-electron chi connectivity index (χ2n) is 4.75. The molecule has 4 heteroatoms. The summed E-state index contributed by atoms with van der Waals surface area (Å²) in [5.74, 6) is 0. The van der Waals surface area contributed by atoms with Crippen LogP contribution in [0.15, 0.2) is 29.2 Å². The summed E-state index contributed by atoms with van der Waals surface area (Å²) >= 11 is -1.84. The van der Waals surface area contributed by atoms with Gasteiger partial charge in [0.15, 0.2) is 11.1 Å². The summed E-state index contributed by atoms with van der Waals surface area (Å²) in [6.45, 7) is 1.93. The number of aryl methyl sites for hydroxylation is 1. The Kier molecular flexibility index (Phi) is 5.72. The van der Waals surface area contributed by atoms with Gasteiger partial charge in [0.05, 0.1) is 33.1 Å². The maximum atomic E-state index is 10.4. The number of quaternary nitrogens is 1. The van der Waals surface area contributed by atoms with E-state index in [1.54, 1.807) is 12.1 Å². The predicted octanol–water partition coefficient (Wildman–Crippen LogP) is 1.90. The fourth-order valence-electron chi connectivity index (χ4n) is 0.655. The van der Waals surface area contributed by atoms with Gasteiger partial charge in [-0.1, -0.05) is 17.7 Å². The van der Waals surface area contributed by atoms with Crippen molar-refractivity contribution < 1.29 is 13.2 Å². The molecule has 1 unspecified atom stereocenters. The van der Waals surface area contributed by atoms with Gasteiger partial charge in [0.2, 0.25) is 0 Å². The Morgan fingerprint density at radius 1 is 1.07 bits per heavy atom. The van der Waals surface area contributed by atoms with Crippen LogP contribution in [-0.2, 0) is 11.1 Å². The smallest absolute Gasteiger partial charge is 0.186 e. The van der Waals surface area contributed by atoms with E-state index in [-0.39, 0.29) is 0 Å². The normalized spacial score (nSPS) is 12.7. The Morgan fingerprint density at radius 2 is 1.40 bits per heavy atom. The summed E-state index contributed by atoms with van der Waals surface area (Å²) in [7, 11) is 8.50. The van der Waals surface area contributed by atoms with Crippen molar-refractivity contribution in [2.24, 2.45) is 0 Å². The Hall–Kier alpha value is -0.710. The lowest BCUT2D eigenvalue weighted by Gasteiger charge is -2.14. The average molecular weight is 230 g/mol. The molecule has 3 nitrogen and oxygen atoms in total. The lowest BCUT2D eigenvalue weighted by molar-refractivity contribution is -0.849. The third-order valence-electron chi connectivity index (χ3n) is 1.22. The average Bonchev–Trinajstić information content (AvgIpc) is 2.01. The second kappa shape index (κ2) is 6.00. The van der Waals surface area contributed by atoms with Crippen LogP contribution in [0.25, 0.3) is 0 Å². The van der Waals surface area contributed by atoms with Gasteiger partial charge in [0, 0.05) is 0 Å². The highest BCUT2D eigenvalue weighted by atomic mass is 32.2. The van der Waals surface area contributed by atoms with E-state index in [4.69, 9.17) is 4.55 Å². The van der Waals surface area contributed by atoms with Gasteiger partial charge < -0.3 is 9.04 Å². The Labute approximate surface area is 94.6 Å². The van der Waals surface area contributed by atoms with Crippen molar-refractivity contribution in [2.45, 2.75) is 11.8 Å². The molecule has 0 saturated carbocycles. The highest BCUT2D eigenvalue weighted by Crippen LogP contribution is 2.05. The number of hydrogen-bond acceptors (Lipinski definition) is 1. The van der Waals surface area contributed by atoms with Gasteiger partial charge in [-0.3, -0.25) is 0 Å². The van der Waals surface area contributed by atoms with Crippen LogP contribution in [0, 0.1) is 6.92 Å². The van der Waals surface area contributed by atoms with Gasteiger partial charge in [-0.2, -0.15) is 0 Å². The van der Waals surface area contributed by atoms with Crippen LogP contribution in [0.2, 0.25) is 0 Å². The zero-order valence-corrected chi connectivity index (χ0v) is 10.8. The van der Waals surface area contributed by atoms with Crippen LogP contribution in [-0.4, -0.2) is 41.4 Å². The number of nitrogens with zero attached hydrogens (tertiary/aromatic N) is 1. The zero-order chi connectivity index (χ0) is 12.1. The molecule has 0 heterocycles. The number of hydrogen-bond donors (Lipinski definition) is 1. The van der Waals surface area contributed by atoms with E-state index < -0.39 is 11.1 Å². The summed E-state index contributed by atoms with van der Waals surface area (Å²) < 4.78 is 20.0. The summed E-state index contributed by atoms with van der Waals surface area (Å²) in [5, 5.41) is 0. The van der Waals surface area contributed by atoms with E-state index in [0.717, 1.165) is 10.0 Å². The van der Waals surface area contributed by atoms with Gasteiger partial charge >= 0.3 is 0 Å². The van der Waals surface area contributed by atoms with Crippen molar-refractivity contribution in [3.05, 3.63) is 29.8 Å². The first-order valence-electron chi connectivity index (χ1n) is 4.66. The Bertz CT molecular complexity index is 308. The predicted molar refractivity (Wildman–Crippen MR) is 64.2 cm³/mol. The van der Waals surface area contributed by atoms with Crippen molar-refractivity contribution in [2.75, 3.05) is 28.2 Å². The van der Waals surface area contributed by atoms with Crippen LogP contribution in [0.1, 0.15) is 5.56 Å². The van der Waals surface area contributed by atoms with Crippen molar-refractivity contribution >= 4 is 11.1 Å². The lowest BCUT2D eigenvalue weighted by Crippen LogP contribution is -2.27. The monoisotopic (exact) mass is 230 g/mol. The molecule has 0 radical (unpaired) electrons. The molecule has 0 aliphatic rings. The molecule has 1 atom stereocenters. The van der Waals surface area contributed by atoms with Crippen molar-refractivity contribution in [1.29, 1.82) is 0 Å². The first kappa shape index (κ1) is 14.3. The number of rotatable bonds is 1. The quantitative estimate of drug-likeness (QED) is 0.591. The van der Waals surface area contributed by atoms with E-state index in [2.05, 4.69) is 28.2 Å². The molecular formula is C11H20NO2S+. The largest absolute Gasteiger partial charge is 0.333 e. The topological polar surface area (TPSA) is 37.3 Å². The van der Waals surface area contributed by atoms with Crippen LogP contribution >= 0.6 is 0 Å². The third-order valence-corrected chi connectivity index (χ3v) is 1.90. The van der Waals surface area contributed by atoms with E-state index in [1.165, 1.54) is 0 Å². The van der Waals surface area contributed by atoms with E-state index in [1.807, 2.05) is 19.1 Å². The van der Waals surface area contributed by atoms with E-state index in [0.29, 0.717) is 4.90 Å². The summed E-state index contributed by atoms with van der Waals surface area (Å²) in [6.07, 6.45) is 0. The van der Waals surface area contributed by atoms with Crippen LogP contribution in [0.4, 0.5) is 0 Å². The molecule has 0 aliphatic carbocycles. The standard InChI is InChI=1S/C7H8O2S.C4H12N/c1-6-2-4-7(5-3-6)10(8)9;1-5(2,3)4/h2-5H,1H3,(H,8,9);1-4H3/q;+1. The number of benzene rings is 1. The first-order valence-corrected chi connectivity index (χ1v) is 5.77. The molecule has 0 fully saturated rings. The maximum absolute atomic E-state index is 10.4.